The van der Waals surface area contributed by atoms with Gasteiger partial charge in [-0.2, -0.15) is 0 Å². The molecule has 110 valence electrons. The van der Waals surface area contributed by atoms with Crippen molar-refractivity contribution in [3.05, 3.63) is 48.8 Å². The van der Waals surface area contributed by atoms with Crippen LogP contribution >= 0.6 is 0 Å². The Balaban J connectivity index is 1.86. The van der Waals surface area contributed by atoms with E-state index < -0.39 is 0 Å². The minimum Gasteiger partial charge on any atom is -0.388 e. The Labute approximate surface area is 125 Å². The lowest BCUT2D eigenvalue weighted by Crippen LogP contribution is -2.01. The standard InChI is InChI=1S/C15H14N6O/c1-20-6-4-16-14(20)15-17-5-7-21(15)10-2-3-11-12(8-10)19-13(9-22)18-11/h2-8,22H,9H2,1H3,(H,18,19). The van der Waals surface area contributed by atoms with Gasteiger partial charge in [0, 0.05) is 37.5 Å². The SMILES string of the molecule is Cn1ccnc1-c1nccn1-c1ccc2nc(CO)[nH]c2c1. The van der Waals surface area contributed by atoms with Gasteiger partial charge >= 0.3 is 0 Å². The number of hydrogen-bond acceptors (Lipinski definition) is 4. The number of rotatable bonds is 3. The van der Waals surface area contributed by atoms with Crippen LogP contribution in [0.4, 0.5) is 0 Å². The van der Waals surface area contributed by atoms with Crippen LogP contribution in [-0.2, 0) is 13.7 Å². The molecule has 4 aromatic rings. The number of nitrogens with one attached hydrogen (secondary N) is 1. The molecule has 0 saturated carbocycles. The van der Waals surface area contributed by atoms with Crippen molar-refractivity contribution in [2.24, 2.45) is 7.05 Å². The van der Waals surface area contributed by atoms with Crippen molar-refractivity contribution in [1.82, 2.24) is 29.1 Å². The van der Waals surface area contributed by atoms with Gasteiger partial charge in [0.05, 0.1) is 11.0 Å². The third kappa shape index (κ3) is 1.91. The first-order chi connectivity index (χ1) is 10.8. The number of aromatic nitrogens is 6. The largest absolute Gasteiger partial charge is 0.388 e. The summed E-state index contributed by atoms with van der Waals surface area (Å²) in [4.78, 5) is 16.2. The maximum absolute atomic E-state index is 9.17. The summed E-state index contributed by atoms with van der Waals surface area (Å²) < 4.78 is 3.90. The zero-order chi connectivity index (χ0) is 15.1. The highest BCUT2D eigenvalue weighted by Gasteiger charge is 2.12. The van der Waals surface area contributed by atoms with Crippen molar-refractivity contribution in [2.45, 2.75) is 6.61 Å². The predicted molar refractivity (Wildman–Crippen MR) is 81.3 cm³/mol. The fourth-order valence-corrected chi connectivity index (χ4v) is 2.53. The Morgan fingerprint density at radius 2 is 1.95 bits per heavy atom. The van der Waals surface area contributed by atoms with Crippen LogP contribution in [0.2, 0.25) is 0 Å². The fourth-order valence-electron chi connectivity index (χ4n) is 2.53. The van der Waals surface area contributed by atoms with Gasteiger partial charge in [-0.05, 0) is 18.2 Å². The second kappa shape index (κ2) is 4.81. The number of H-pyrrole nitrogens is 1. The van der Waals surface area contributed by atoms with E-state index in [0.29, 0.717) is 5.82 Å². The highest BCUT2D eigenvalue weighted by molar-refractivity contribution is 5.78. The van der Waals surface area contributed by atoms with E-state index in [2.05, 4.69) is 19.9 Å². The normalized spacial score (nSPS) is 11.4. The number of hydrogen-bond donors (Lipinski definition) is 2. The molecular weight excluding hydrogens is 280 g/mol. The minimum atomic E-state index is -0.104. The highest BCUT2D eigenvalue weighted by atomic mass is 16.3. The maximum Gasteiger partial charge on any atom is 0.181 e. The Bertz CT molecular complexity index is 948. The third-order valence-electron chi connectivity index (χ3n) is 3.60. The smallest absolute Gasteiger partial charge is 0.181 e. The van der Waals surface area contributed by atoms with Gasteiger partial charge in [0.1, 0.15) is 12.4 Å². The monoisotopic (exact) mass is 294 g/mol. The number of imidazole rings is 3. The first kappa shape index (κ1) is 12.8. The fraction of sp³-hybridized carbons (Fsp3) is 0.133. The van der Waals surface area contributed by atoms with E-state index in [9.17, 15) is 5.11 Å². The quantitative estimate of drug-likeness (QED) is 0.601. The number of aromatic amines is 1. The van der Waals surface area contributed by atoms with Crippen molar-refractivity contribution < 1.29 is 5.11 Å². The van der Waals surface area contributed by atoms with Crippen molar-refractivity contribution in [3.8, 4) is 17.3 Å². The number of aryl methyl sites for hydroxylation is 1. The summed E-state index contributed by atoms with van der Waals surface area (Å²) in [5.74, 6) is 2.13. The highest BCUT2D eigenvalue weighted by Crippen LogP contribution is 2.22. The van der Waals surface area contributed by atoms with E-state index in [1.165, 1.54) is 0 Å². The van der Waals surface area contributed by atoms with Crippen LogP contribution in [0.15, 0.2) is 43.0 Å². The van der Waals surface area contributed by atoms with E-state index in [0.717, 1.165) is 28.4 Å². The molecule has 3 heterocycles. The van der Waals surface area contributed by atoms with Crippen LogP contribution in [-0.4, -0.2) is 34.2 Å². The average Bonchev–Trinajstić information content (AvgIpc) is 3.23. The summed E-state index contributed by atoms with van der Waals surface area (Å²) in [6.45, 7) is -0.104. The molecule has 0 unspecified atom stereocenters. The summed E-state index contributed by atoms with van der Waals surface area (Å²) in [5.41, 5.74) is 2.66. The lowest BCUT2D eigenvalue weighted by molar-refractivity contribution is 0.273. The second-order valence-electron chi connectivity index (χ2n) is 5.03. The van der Waals surface area contributed by atoms with E-state index in [1.807, 2.05) is 46.8 Å². The Morgan fingerprint density at radius 1 is 1.14 bits per heavy atom. The Kier molecular flexibility index (Phi) is 2.80. The molecule has 0 aliphatic carbocycles. The van der Waals surface area contributed by atoms with Crippen LogP contribution in [0.1, 0.15) is 5.82 Å². The third-order valence-corrected chi connectivity index (χ3v) is 3.60. The molecule has 2 N–H and O–H groups in total. The van der Waals surface area contributed by atoms with Crippen molar-refractivity contribution in [2.75, 3.05) is 0 Å². The number of aliphatic hydroxyl groups is 1. The summed E-state index contributed by atoms with van der Waals surface area (Å²) in [6, 6.07) is 5.87. The van der Waals surface area contributed by atoms with Crippen LogP contribution in [0.5, 0.6) is 0 Å². The average molecular weight is 294 g/mol. The zero-order valence-corrected chi connectivity index (χ0v) is 11.9. The molecular formula is C15H14N6O. The zero-order valence-electron chi connectivity index (χ0n) is 11.9. The van der Waals surface area contributed by atoms with Crippen LogP contribution in [0.3, 0.4) is 0 Å². The van der Waals surface area contributed by atoms with Crippen LogP contribution in [0, 0.1) is 0 Å². The second-order valence-corrected chi connectivity index (χ2v) is 5.03. The van der Waals surface area contributed by atoms with Gasteiger partial charge in [-0.15, -0.1) is 0 Å². The number of aliphatic hydroxyl groups excluding tert-OH is 1. The van der Waals surface area contributed by atoms with E-state index in [1.54, 1.807) is 12.4 Å². The summed E-state index contributed by atoms with van der Waals surface area (Å²) in [7, 11) is 1.94. The van der Waals surface area contributed by atoms with Crippen molar-refractivity contribution in [1.29, 1.82) is 0 Å². The molecule has 3 aromatic heterocycles. The van der Waals surface area contributed by atoms with Gasteiger partial charge in [-0.1, -0.05) is 0 Å². The molecule has 1 aromatic carbocycles. The number of benzene rings is 1. The van der Waals surface area contributed by atoms with Gasteiger partial charge in [0.15, 0.2) is 11.6 Å². The molecule has 0 aliphatic rings. The molecule has 22 heavy (non-hydrogen) atoms. The van der Waals surface area contributed by atoms with E-state index in [-0.39, 0.29) is 6.61 Å². The molecule has 0 spiro atoms. The topological polar surface area (TPSA) is 84.6 Å². The molecule has 4 rings (SSSR count). The first-order valence-corrected chi connectivity index (χ1v) is 6.87. The molecule has 0 bridgehead atoms. The summed E-state index contributed by atoms with van der Waals surface area (Å²) in [6.07, 6.45) is 7.29. The van der Waals surface area contributed by atoms with Crippen molar-refractivity contribution in [3.63, 3.8) is 0 Å². The van der Waals surface area contributed by atoms with Gasteiger partial charge in [-0.3, -0.25) is 4.57 Å². The van der Waals surface area contributed by atoms with E-state index >= 15 is 0 Å². The van der Waals surface area contributed by atoms with Crippen LogP contribution < -0.4 is 0 Å². The molecule has 0 saturated heterocycles. The van der Waals surface area contributed by atoms with Gasteiger partial charge in [0.25, 0.3) is 0 Å². The Hall–Kier alpha value is -2.93. The molecule has 7 nitrogen and oxygen atoms in total. The minimum absolute atomic E-state index is 0.104. The summed E-state index contributed by atoms with van der Waals surface area (Å²) >= 11 is 0. The summed E-state index contributed by atoms with van der Waals surface area (Å²) in [5, 5.41) is 9.17. The lowest BCUT2D eigenvalue weighted by atomic mass is 10.2. The maximum atomic E-state index is 9.17. The number of nitrogens with zero attached hydrogens (tertiary/aromatic N) is 5. The van der Waals surface area contributed by atoms with Crippen LogP contribution in [0.25, 0.3) is 28.4 Å². The van der Waals surface area contributed by atoms with Crippen molar-refractivity contribution >= 4 is 11.0 Å². The first-order valence-electron chi connectivity index (χ1n) is 6.87. The van der Waals surface area contributed by atoms with E-state index in [4.69, 9.17) is 0 Å². The molecule has 0 atom stereocenters. The Morgan fingerprint density at radius 3 is 2.73 bits per heavy atom. The number of fused-ring (bicyclic) bond motifs is 1. The lowest BCUT2D eigenvalue weighted by Gasteiger charge is -2.07. The molecule has 0 amide bonds. The van der Waals surface area contributed by atoms with Gasteiger partial charge in [0.2, 0.25) is 0 Å². The van der Waals surface area contributed by atoms with Gasteiger partial charge < -0.3 is 14.7 Å². The molecule has 7 heteroatoms. The predicted octanol–water partition coefficient (Wildman–Crippen LogP) is 1.64. The molecule has 0 aliphatic heterocycles. The molecule has 0 fully saturated rings. The molecule has 0 radical (unpaired) electrons. The van der Waals surface area contributed by atoms with Gasteiger partial charge in [-0.25, -0.2) is 15.0 Å².